The quantitative estimate of drug-likeness (QED) is 0.380. The Morgan fingerprint density at radius 2 is 2.14 bits per heavy atom. The van der Waals surface area contributed by atoms with E-state index in [4.69, 9.17) is 4.74 Å². The number of fused-ring (bicyclic) bond motifs is 1. The van der Waals surface area contributed by atoms with Crippen LogP contribution in [0.25, 0.3) is 0 Å². The van der Waals surface area contributed by atoms with Crippen LogP contribution in [0.2, 0.25) is 0 Å². The topological polar surface area (TPSA) is 70.0 Å². The standard InChI is InChI=1S/C23H35NO4/c1-5-6-7-16(2)21(25)9-8-19-20-13-17(12-18(20)14-22(19)26)10-11-28-15-23(27)24(3)4/h8-10,16,18-22,25-26H,7,11-15H2,1-4H3/b9-8+,17-10?/t16-,18+,19-,20+,21+,22-/m1/s1. The molecule has 5 heteroatoms. The van der Waals surface area contributed by atoms with Gasteiger partial charge in [-0.3, -0.25) is 4.79 Å². The lowest BCUT2D eigenvalue weighted by Crippen LogP contribution is -2.26. The second-order valence-corrected chi connectivity index (χ2v) is 8.36. The number of hydrogen-bond donors (Lipinski definition) is 2. The number of likely N-dealkylation sites (N-methyl/N-ethyl adjacent to an activating group) is 1. The highest BCUT2D eigenvalue weighted by Gasteiger charge is 2.45. The third-order valence-corrected chi connectivity index (χ3v) is 6.04. The summed E-state index contributed by atoms with van der Waals surface area (Å²) in [5.74, 6) is 6.91. The molecule has 1 amide bonds. The summed E-state index contributed by atoms with van der Waals surface area (Å²) in [7, 11) is 3.44. The predicted molar refractivity (Wildman–Crippen MR) is 110 cm³/mol. The van der Waals surface area contributed by atoms with Gasteiger partial charge in [0, 0.05) is 26.4 Å². The smallest absolute Gasteiger partial charge is 0.248 e. The summed E-state index contributed by atoms with van der Waals surface area (Å²) in [6.45, 7) is 4.35. The van der Waals surface area contributed by atoms with Crippen LogP contribution in [0.15, 0.2) is 23.8 Å². The first-order chi connectivity index (χ1) is 13.3. The fourth-order valence-corrected chi connectivity index (χ4v) is 4.21. The second kappa shape index (κ2) is 10.8. The molecule has 0 radical (unpaired) electrons. The van der Waals surface area contributed by atoms with Crippen molar-refractivity contribution in [3.05, 3.63) is 23.8 Å². The summed E-state index contributed by atoms with van der Waals surface area (Å²) in [6.07, 6.45) is 8.51. The van der Waals surface area contributed by atoms with E-state index in [1.165, 1.54) is 10.5 Å². The molecule has 2 aliphatic carbocycles. The van der Waals surface area contributed by atoms with E-state index < -0.39 is 6.10 Å². The first-order valence-electron chi connectivity index (χ1n) is 10.2. The van der Waals surface area contributed by atoms with E-state index in [1.54, 1.807) is 21.0 Å². The highest BCUT2D eigenvalue weighted by molar-refractivity contribution is 5.76. The zero-order chi connectivity index (χ0) is 20.7. The van der Waals surface area contributed by atoms with Crippen molar-refractivity contribution in [2.75, 3.05) is 27.3 Å². The van der Waals surface area contributed by atoms with E-state index in [0.717, 1.165) is 19.3 Å². The molecule has 2 fully saturated rings. The second-order valence-electron chi connectivity index (χ2n) is 8.36. The lowest BCUT2D eigenvalue weighted by molar-refractivity contribution is -0.133. The number of allylic oxidation sites excluding steroid dienone is 1. The molecule has 6 atom stereocenters. The van der Waals surface area contributed by atoms with Crippen molar-refractivity contribution < 1.29 is 19.7 Å². The van der Waals surface area contributed by atoms with Crippen molar-refractivity contribution in [2.45, 2.75) is 51.7 Å². The van der Waals surface area contributed by atoms with Crippen molar-refractivity contribution >= 4 is 5.91 Å². The zero-order valence-electron chi connectivity index (χ0n) is 17.6. The Bertz CT molecular complexity index is 643. The Labute approximate surface area is 169 Å². The Morgan fingerprint density at radius 1 is 1.39 bits per heavy atom. The van der Waals surface area contributed by atoms with Gasteiger partial charge in [-0.15, -0.1) is 11.8 Å². The highest BCUT2D eigenvalue weighted by atomic mass is 16.5. The molecular formula is C23H35NO4. The Kier molecular flexibility index (Phi) is 8.75. The monoisotopic (exact) mass is 389 g/mol. The first-order valence-corrected chi connectivity index (χ1v) is 10.2. The minimum absolute atomic E-state index is 0.0345. The Hall–Kier alpha value is -1.61. The van der Waals surface area contributed by atoms with Gasteiger partial charge in [0.05, 0.1) is 18.8 Å². The molecule has 0 saturated heterocycles. The maximum Gasteiger partial charge on any atom is 0.248 e. The van der Waals surface area contributed by atoms with Gasteiger partial charge in [0.1, 0.15) is 6.61 Å². The van der Waals surface area contributed by atoms with Crippen LogP contribution in [0.1, 0.15) is 39.5 Å². The summed E-state index contributed by atoms with van der Waals surface area (Å²) >= 11 is 0. The van der Waals surface area contributed by atoms with E-state index >= 15 is 0 Å². The number of amides is 1. The lowest BCUT2D eigenvalue weighted by atomic mass is 9.89. The average Bonchev–Trinajstić information content (AvgIpc) is 3.17. The van der Waals surface area contributed by atoms with Crippen molar-refractivity contribution in [3.8, 4) is 11.8 Å². The molecule has 2 rings (SSSR count). The van der Waals surface area contributed by atoms with Gasteiger partial charge >= 0.3 is 0 Å². The van der Waals surface area contributed by atoms with E-state index in [2.05, 4.69) is 17.9 Å². The normalized spacial score (nSPS) is 30.1. The van der Waals surface area contributed by atoms with Crippen LogP contribution in [-0.4, -0.2) is 60.5 Å². The minimum atomic E-state index is -0.536. The van der Waals surface area contributed by atoms with E-state index in [-0.39, 0.29) is 30.5 Å². The fourth-order valence-electron chi connectivity index (χ4n) is 4.21. The Morgan fingerprint density at radius 3 is 2.82 bits per heavy atom. The van der Waals surface area contributed by atoms with Gasteiger partial charge in [-0.2, -0.15) is 0 Å². The van der Waals surface area contributed by atoms with Gasteiger partial charge in [0.25, 0.3) is 0 Å². The highest BCUT2D eigenvalue weighted by Crippen LogP contribution is 2.50. The molecule has 5 nitrogen and oxygen atoms in total. The Balaban J connectivity index is 1.86. The molecule has 2 N–H and O–H groups in total. The molecule has 0 unspecified atom stereocenters. The molecule has 2 saturated carbocycles. The maximum atomic E-state index is 11.5. The number of rotatable bonds is 8. The van der Waals surface area contributed by atoms with Crippen LogP contribution in [0.4, 0.5) is 0 Å². The third kappa shape index (κ3) is 6.20. The van der Waals surface area contributed by atoms with E-state index in [0.29, 0.717) is 24.9 Å². The lowest BCUT2D eigenvalue weighted by Gasteiger charge is -2.19. The molecular weight excluding hydrogens is 354 g/mol. The molecule has 0 bridgehead atoms. The van der Waals surface area contributed by atoms with Gasteiger partial charge in [-0.1, -0.05) is 30.7 Å². The molecule has 0 heterocycles. The van der Waals surface area contributed by atoms with Crippen LogP contribution in [0, 0.1) is 35.5 Å². The van der Waals surface area contributed by atoms with E-state index in [1.807, 2.05) is 19.1 Å². The molecule has 2 aliphatic rings. The number of carbonyl (C=O) groups is 1. The van der Waals surface area contributed by atoms with Crippen LogP contribution < -0.4 is 0 Å². The molecule has 28 heavy (non-hydrogen) atoms. The summed E-state index contributed by atoms with van der Waals surface area (Å²) in [4.78, 5) is 13.1. The number of aliphatic hydroxyl groups excluding tert-OH is 2. The third-order valence-electron chi connectivity index (χ3n) is 6.04. The molecule has 0 aliphatic heterocycles. The van der Waals surface area contributed by atoms with Crippen LogP contribution in [-0.2, 0) is 9.53 Å². The molecule has 0 aromatic carbocycles. The maximum absolute atomic E-state index is 11.5. The predicted octanol–water partition coefficient (Wildman–Crippen LogP) is 2.39. The van der Waals surface area contributed by atoms with Crippen molar-refractivity contribution in [3.63, 3.8) is 0 Å². The van der Waals surface area contributed by atoms with Crippen LogP contribution >= 0.6 is 0 Å². The summed E-state index contributed by atoms with van der Waals surface area (Å²) < 4.78 is 5.45. The summed E-state index contributed by atoms with van der Waals surface area (Å²) in [5.41, 5.74) is 1.35. The number of nitrogens with zero attached hydrogens (tertiary/aromatic N) is 1. The molecule has 0 aromatic rings. The van der Waals surface area contributed by atoms with Gasteiger partial charge in [-0.25, -0.2) is 0 Å². The van der Waals surface area contributed by atoms with Gasteiger partial charge in [0.2, 0.25) is 5.91 Å². The number of ether oxygens (including phenoxy) is 1. The molecule has 0 aromatic heterocycles. The fraction of sp³-hybridized carbons (Fsp3) is 0.696. The zero-order valence-corrected chi connectivity index (χ0v) is 17.6. The van der Waals surface area contributed by atoms with Crippen LogP contribution in [0.5, 0.6) is 0 Å². The largest absolute Gasteiger partial charge is 0.392 e. The SMILES string of the molecule is CC#CC[C@@H](C)[C@@H](O)/C=C/[C@@H]1[C@H]2CC(=CCOCC(=O)N(C)C)C[C@H]2C[C@H]1O. The summed E-state index contributed by atoms with van der Waals surface area (Å²) in [5, 5.41) is 20.8. The summed E-state index contributed by atoms with van der Waals surface area (Å²) in [6, 6.07) is 0. The van der Waals surface area contributed by atoms with Gasteiger partial charge in [-0.05, 0) is 43.9 Å². The van der Waals surface area contributed by atoms with Crippen LogP contribution in [0.3, 0.4) is 0 Å². The number of carbonyl (C=O) groups excluding carboxylic acids is 1. The van der Waals surface area contributed by atoms with Gasteiger partial charge < -0.3 is 19.8 Å². The first kappa shape index (κ1) is 22.7. The number of hydrogen-bond acceptors (Lipinski definition) is 4. The molecule has 156 valence electrons. The minimum Gasteiger partial charge on any atom is -0.392 e. The molecule has 0 spiro atoms. The number of aliphatic hydroxyl groups is 2. The van der Waals surface area contributed by atoms with Gasteiger partial charge in [0.15, 0.2) is 0 Å². The van der Waals surface area contributed by atoms with E-state index in [9.17, 15) is 15.0 Å². The van der Waals surface area contributed by atoms with Crippen molar-refractivity contribution in [1.29, 1.82) is 0 Å². The average molecular weight is 390 g/mol. The van der Waals surface area contributed by atoms with Crippen molar-refractivity contribution in [2.24, 2.45) is 23.7 Å². The van der Waals surface area contributed by atoms with Crippen molar-refractivity contribution in [1.82, 2.24) is 4.90 Å².